The van der Waals surface area contributed by atoms with Crippen molar-refractivity contribution < 1.29 is 4.79 Å². The number of nitrogens with one attached hydrogen (secondary N) is 2. The average molecular weight is 268 g/mol. The summed E-state index contributed by atoms with van der Waals surface area (Å²) in [5, 5.41) is 6.06. The second kappa shape index (κ2) is 5.78. The first kappa shape index (κ1) is 14.1. The third-order valence-corrected chi connectivity index (χ3v) is 3.36. The lowest BCUT2D eigenvalue weighted by Gasteiger charge is -2.14. The van der Waals surface area contributed by atoms with Gasteiger partial charge in [-0.2, -0.15) is 0 Å². The fraction of sp³-hybridized carbons (Fsp3) is 0.235. The summed E-state index contributed by atoms with van der Waals surface area (Å²) in [5.74, 6) is -0.0926. The number of anilines is 2. The highest BCUT2D eigenvalue weighted by Crippen LogP contribution is 2.24. The lowest BCUT2D eigenvalue weighted by Crippen LogP contribution is -2.15. The molecular weight excluding hydrogens is 248 g/mol. The second-order valence-electron chi connectivity index (χ2n) is 5.02. The summed E-state index contributed by atoms with van der Waals surface area (Å²) in [6, 6.07) is 11.6. The zero-order chi connectivity index (χ0) is 14.7. The summed E-state index contributed by atoms with van der Waals surface area (Å²) < 4.78 is 0. The molecule has 0 heterocycles. The van der Waals surface area contributed by atoms with E-state index in [1.165, 1.54) is 5.56 Å². The van der Waals surface area contributed by atoms with Crippen molar-refractivity contribution in [2.24, 2.45) is 0 Å². The highest BCUT2D eigenvalue weighted by Gasteiger charge is 2.13. The van der Waals surface area contributed by atoms with Gasteiger partial charge in [0.25, 0.3) is 5.91 Å². The summed E-state index contributed by atoms with van der Waals surface area (Å²) in [7, 11) is 1.81. The van der Waals surface area contributed by atoms with Crippen molar-refractivity contribution in [1.82, 2.24) is 0 Å². The van der Waals surface area contributed by atoms with Gasteiger partial charge >= 0.3 is 0 Å². The fourth-order valence-corrected chi connectivity index (χ4v) is 2.46. The molecule has 0 aromatic heterocycles. The Morgan fingerprint density at radius 1 is 1.00 bits per heavy atom. The molecule has 0 aliphatic heterocycles. The average Bonchev–Trinajstić information content (AvgIpc) is 2.42. The molecule has 3 nitrogen and oxygen atoms in total. The van der Waals surface area contributed by atoms with Gasteiger partial charge in [-0.25, -0.2) is 0 Å². The van der Waals surface area contributed by atoms with Crippen LogP contribution in [0.3, 0.4) is 0 Å². The Bertz CT molecular complexity index is 624. The summed E-state index contributed by atoms with van der Waals surface area (Å²) in [6.45, 7) is 6.08. The molecule has 0 aliphatic carbocycles. The quantitative estimate of drug-likeness (QED) is 0.886. The number of amides is 1. The molecule has 2 aromatic rings. The van der Waals surface area contributed by atoms with E-state index in [-0.39, 0.29) is 5.91 Å². The number of rotatable bonds is 3. The molecule has 104 valence electrons. The Morgan fingerprint density at radius 2 is 1.60 bits per heavy atom. The van der Waals surface area contributed by atoms with Gasteiger partial charge in [0.05, 0.1) is 5.56 Å². The Morgan fingerprint density at radius 3 is 2.20 bits per heavy atom. The highest BCUT2D eigenvalue weighted by atomic mass is 16.1. The minimum atomic E-state index is -0.0926. The number of carbonyl (C=O) groups excluding carboxylic acids is 1. The molecule has 0 bridgehead atoms. The van der Waals surface area contributed by atoms with E-state index in [0.717, 1.165) is 22.5 Å². The Kier molecular flexibility index (Phi) is 4.08. The maximum absolute atomic E-state index is 12.4. The van der Waals surface area contributed by atoms with Crippen LogP contribution in [0.15, 0.2) is 36.4 Å². The van der Waals surface area contributed by atoms with E-state index >= 15 is 0 Å². The standard InChI is InChI=1S/C17H20N2O/c1-11-9-12(2)16(13(3)10-11)19-17(20)14-7-5-6-8-15(14)18-4/h5-10,18H,1-4H3,(H,19,20). The number of benzene rings is 2. The van der Waals surface area contributed by atoms with Gasteiger partial charge in [0.15, 0.2) is 0 Å². The van der Waals surface area contributed by atoms with Crippen LogP contribution in [0.5, 0.6) is 0 Å². The SMILES string of the molecule is CNc1ccccc1C(=O)Nc1c(C)cc(C)cc1C. The summed E-state index contributed by atoms with van der Waals surface area (Å²) in [5.41, 5.74) is 5.73. The lowest BCUT2D eigenvalue weighted by molar-refractivity contribution is 0.102. The molecule has 0 saturated carbocycles. The van der Waals surface area contributed by atoms with Crippen LogP contribution >= 0.6 is 0 Å². The largest absolute Gasteiger partial charge is 0.387 e. The first-order valence-corrected chi connectivity index (χ1v) is 6.69. The minimum Gasteiger partial charge on any atom is -0.387 e. The van der Waals surface area contributed by atoms with Gasteiger partial charge < -0.3 is 10.6 Å². The monoisotopic (exact) mass is 268 g/mol. The van der Waals surface area contributed by atoms with Crippen LogP contribution in [0.1, 0.15) is 27.0 Å². The normalized spacial score (nSPS) is 10.2. The highest BCUT2D eigenvalue weighted by molar-refractivity contribution is 6.08. The Balaban J connectivity index is 2.33. The lowest BCUT2D eigenvalue weighted by atomic mass is 10.0. The van der Waals surface area contributed by atoms with E-state index in [4.69, 9.17) is 0 Å². The van der Waals surface area contributed by atoms with Crippen molar-refractivity contribution >= 4 is 17.3 Å². The summed E-state index contributed by atoms with van der Waals surface area (Å²) in [6.07, 6.45) is 0. The van der Waals surface area contributed by atoms with Crippen LogP contribution in [0.25, 0.3) is 0 Å². The van der Waals surface area contributed by atoms with Crippen molar-refractivity contribution in [3.8, 4) is 0 Å². The Labute approximate surface area is 120 Å². The molecule has 2 aromatic carbocycles. The van der Waals surface area contributed by atoms with Crippen LogP contribution in [-0.2, 0) is 0 Å². The van der Waals surface area contributed by atoms with Crippen LogP contribution in [0.2, 0.25) is 0 Å². The van der Waals surface area contributed by atoms with E-state index in [2.05, 4.69) is 29.7 Å². The van der Waals surface area contributed by atoms with Gasteiger partial charge in [-0.1, -0.05) is 29.8 Å². The molecule has 0 aliphatic rings. The molecule has 2 N–H and O–H groups in total. The Hall–Kier alpha value is -2.29. The molecule has 0 radical (unpaired) electrons. The van der Waals surface area contributed by atoms with Gasteiger partial charge in [0, 0.05) is 18.4 Å². The first-order chi connectivity index (χ1) is 9.52. The topological polar surface area (TPSA) is 41.1 Å². The maximum Gasteiger partial charge on any atom is 0.257 e. The van der Waals surface area contributed by atoms with Gasteiger partial charge in [0.2, 0.25) is 0 Å². The maximum atomic E-state index is 12.4. The summed E-state index contributed by atoms with van der Waals surface area (Å²) in [4.78, 5) is 12.4. The van der Waals surface area contributed by atoms with E-state index in [1.807, 2.05) is 45.2 Å². The molecule has 0 fully saturated rings. The van der Waals surface area contributed by atoms with E-state index < -0.39 is 0 Å². The number of hydrogen-bond acceptors (Lipinski definition) is 2. The molecule has 3 heteroatoms. The molecule has 0 atom stereocenters. The van der Waals surface area contributed by atoms with E-state index in [0.29, 0.717) is 5.56 Å². The molecule has 20 heavy (non-hydrogen) atoms. The van der Waals surface area contributed by atoms with Gasteiger partial charge in [-0.3, -0.25) is 4.79 Å². The summed E-state index contributed by atoms with van der Waals surface area (Å²) >= 11 is 0. The molecule has 0 saturated heterocycles. The molecule has 0 unspecified atom stereocenters. The van der Waals surface area contributed by atoms with E-state index in [9.17, 15) is 4.79 Å². The number of para-hydroxylation sites is 1. The van der Waals surface area contributed by atoms with Crippen molar-refractivity contribution in [3.05, 3.63) is 58.7 Å². The minimum absolute atomic E-state index is 0.0926. The zero-order valence-corrected chi connectivity index (χ0v) is 12.4. The zero-order valence-electron chi connectivity index (χ0n) is 12.4. The van der Waals surface area contributed by atoms with Crippen molar-refractivity contribution in [2.75, 3.05) is 17.7 Å². The number of carbonyl (C=O) groups is 1. The van der Waals surface area contributed by atoms with Crippen LogP contribution in [0.4, 0.5) is 11.4 Å². The van der Waals surface area contributed by atoms with Crippen molar-refractivity contribution in [1.29, 1.82) is 0 Å². The van der Waals surface area contributed by atoms with Crippen LogP contribution in [0, 0.1) is 20.8 Å². The predicted octanol–water partition coefficient (Wildman–Crippen LogP) is 3.91. The van der Waals surface area contributed by atoms with Crippen molar-refractivity contribution in [3.63, 3.8) is 0 Å². The molecule has 0 spiro atoms. The third-order valence-electron chi connectivity index (χ3n) is 3.36. The predicted molar refractivity (Wildman–Crippen MR) is 84.6 cm³/mol. The van der Waals surface area contributed by atoms with Gasteiger partial charge in [0.1, 0.15) is 0 Å². The second-order valence-corrected chi connectivity index (χ2v) is 5.02. The molecule has 1 amide bonds. The molecular formula is C17H20N2O. The third kappa shape index (κ3) is 2.82. The fourth-order valence-electron chi connectivity index (χ4n) is 2.46. The first-order valence-electron chi connectivity index (χ1n) is 6.69. The van der Waals surface area contributed by atoms with Crippen molar-refractivity contribution in [2.45, 2.75) is 20.8 Å². The smallest absolute Gasteiger partial charge is 0.257 e. The van der Waals surface area contributed by atoms with Gasteiger partial charge in [-0.05, 0) is 44.0 Å². The molecule has 2 rings (SSSR count). The van der Waals surface area contributed by atoms with E-state index in [1.54, 1.807) is 0 Å². The number of aryl methyl sites for hydroxylation is 3. The van der Waals surface area contributed by atoms with Gasteiger partial charge in [-0.15, -0.1) is 0 Å². The van der Waals surface area contributed by atoms with Crippen LogP contribution < -0.4 is 10.6 Å². The number of hydrogen-bond donors (Lipinski definition) is 2. The van der Waals surface area contributed by atoms with Crippen LogP contribution in [-0.4, -0.2) is 13.0 Å².